The maximum absolute atomic E-state index is 12.2. The Balaban J connectivity index is 2.79. The predicted octanol–water partition coefficient (Wildman–Crippen LogP) is 3.53. The van der Waals surface area contributed by atoms with Crippen molar-refractivity contribution in [3.8, 4) is 6.07 Å². The fourth-order valence-corrected chi connectivity index (χ4v) is 2.55. The van der Waals surface area contributed by atoms with Crippen molar-refractivity contribution in [2.75, 3.05) is 5.32 Å². The molecule has 0 radical (unpaired) electrons. The smallest absolute Gasteiger partial charge is 0.227 e. The second kappa shape index (κ2) is 7.80. The molecule has 4 heteroatoms. The number of carbonyl (C=O) groups is 1. The number of hydrogen-bond acceptors (Lipinski definition) is 3. The molecule has 0 saturated heterocycles. The number of nitrogens with one attached hydrogen (secondary N) is 1. The Kier molecular flexibility index (Phi) is 6.39. The first-order valence-corrected chi connectivity index (χ1v) is 7.47. The Morgan fingerprint density at radius 1 is 1.33 bits per heavy atom. The number of carbonyl (C=O) groups excluding carboxylic acids is 1. The second-order valence-corrected chi connectivity index (χ2v) is 5.59. The van der Waals surface area contributed by atoms with Gasteiger partial charge < -0.3 is 10.4 Å². The van der Waals surface area contributed by atoms with E-state index in [-0.39, 0.29) is 12.3 Å². The molecule has 0 bridgehead atoms. The summed E-state index contributed by atoms with van der Waals surface area (Å²) >= 11 is 0. The van der Waals surface area contributed by atoms with Gasteiger partial charge >= 0.3 is 0 Å². The summed E-state index contributed by atoms with van der Waals surface area (Å²) in [6.07, 6.45) is 3.00. The first-order chi connectivity index (χ1) is 9.94. The van der Waals surface area contributed by atoms with Crippen LogP contribution in [0.5, 0.6) is 0 Å². The summed E-state index contributed by atoms with van der Waals surface area (Å²) in [6.45, 7) is 5.87. The molecule has 114 valence electrons. The van der Waals surface area contributed by atoms with Crippen LogP contribution in [0.1, 0.15) is 57.1 Å². The molecule has 0 aliphatic carbocycles. The SMILES string of the molecule is CCCC(O)(CCC)CC(=O)Nc1cc(C#N)ccc1C. The average Bonchev–Trinajstić information content (AvgIpc) is 2.41. The Bertz CT molecular complexity index is 526. The summed E-state index contributed by atoms with van der Waals surface area (Å²) in [4.78, 5) is 12.2. The third kappa shape index (κ3) is 5.20. The van der Waals surface area contributed by atoms with E-state index in [1.54, 1.807) is 18.2 Å². The summed E-state index contributed by atoms with van der Waals surface area (Å²) in [6, 6.07) is 7.24. The number of aryl methyl sites for hydroxylation is 1. The van der Waals surface area contributed by atoms with E-state index in [2.05, 4.69) is 11.4 Å². The Morgan fingerprint density at radius 2 is 1.95 bits per heavy atom. The van der Waals surface area contributed by atoms with E-state index in [4.69, 9.17) is 5.26 Å². The molecule has 0 atom stereocenters. The van der Waals surface area contributed by atoms with E-state index < -0.39 is 5.60 Å². The van der Waals surface area contributed by atoms with Crippen LogP contribution in [0.15, 0.2) is 18.2 Å². The molecule has 1 rings (SSSR count). The first-order valence-electron chi connectivity index (χ1n) is 7.47. The van der Waals surface area contributed by atoms with E-state index >= 15 is 0 Å². The molecule has 0 heterocycles. The molecule has 0 aliphatic rings. The topological polar surface area (TPSA) is 73.1 Å². The number of rotatable bonds is 7. The second-order valence-electron chi connectivity index (χ2n) is 5.59. The highest BCUT2D eigenvalue weighted by Crippen LogP contribution is 2.25. The number of anilines is 1. The molecule has 0 unspecified atom stereocenters. The molecule has 0 aliphatic heterocycles. The minimum absolute atomic E-state index is 0.0882. The Morgan fingerprint density at radius 3 is 2.48 bits per heavy atom. The quantitative estimate of drug-likeness (QED) is 0.806. The van der Waals surface area contributed by atoms with Gasteiger partial charge in [-0.1, -0.05) is 32.8 Å². The van der Waals surface area contributed by atoms with Gasteiger partial charge in [-0.3, -0.25) is 4.79 Å². The lowest BCUT2D eigenvalue weighted by Crippen LogP contribution is -2.34. The number of benzene rings is 1. The Labute approximate surface area is 126 Å². The number of nitrogens with zero attached hydrogens (tertiary/aromatic N) is 1. The van der Waals surface area contributed by atoms with E-state index in [0.717, 1.165) is 18.4 Å². The number of hydrogen-bond donors (Lipinski definition) is 2. The fourth-order valence-electron chi connectivity index (χ4n) is 2.55. The molecule has 0 saturated carbocycles. The van der Waals surface area contributed by atoms with Crippen molar-refractivity contribution in [2.45, 2.75) is 58.5 Å². The average molecular weight is 288 g/mol. The van der Waals surface area contributed by atoms with E-state index in [1.807, 2.05) is 20.8 Å². The van der Waals surface area contributed by atoms with Crippen LogP contribution in [0.2, 0.25) is 0 Å². The third-order valence-corrected chi connectivity index (χ3v) is 3.56. The van der Waals surface area contributed by atoms with Crippen molar-refractivity contribution in [1.82, 2.24) is 0 Å². The van der Waals surface area contributed by atoms with E-state index in [1.165, 1.54) is 0 Å². The van der Waals surface area contributed by atoms with Crippen molar-refractivity contribution >= 4 is 11.6 Å². The lowest BCUT2D eigenvalue weighted by Gasteiger charge is -2.27. The van der Waals surface area contributed by atoms with Crippen LogP contribution in [0.3, 0.4) is 0 Å². The number of aliphatic hydroxyl groups is 1. The molecule has 4 nitrogen and oxygen atoms in total. The van der Waals surface area contributed by atoms with Gasteiger partial charge in [0.05, 0.1) is 23.7 Å². The zero-order chi connectivity index (χ0) is 15.9. The zero-order valence-corrected chi connectivity index (χ0v) is 13.1. The van der Waals surface area contributed by atoms with Crippen LogP contribution >= 0.6 is 0 Å². The Hall–Kier alpha value is -1.86. The molecular formula is C17H24N2O2. The van der Waals surface area contributed by atoms with Crippen molar-refractivity contribution < 1.29 is 9.90 Å². The number of amides is 1. The lowest BCUT2D eigenvalue weighted by molar-refractivity contribution is -0.121. The highest BCUT2D eigenvalue weighted by atomic mass is 16.3. The van der Waals surface area contributed by atoms with Crippen molar-refractivity contribution in [2.24, 2.45) is 0 Å². The van der Waals surface area contributed by atoms with Gasteiger partial charge in [-0.25, -0.2) is 0 Å². The summed E-state index contributed by atoms with van der Waals surface area (Å²) in [5.41, 5.74) is 1.11. The largest absolute Gasteiger partial charge is 0.389 e. The maximum Gasteiger partial charge on any atom is 0.227 e. The maximum atomic E-state index is 12.2. The molecule has 1 aromatic carbocycles. The molecule has 2 N–H and O–H groups in total. The summed E-state index contributed by atoms with van der Waals surface area (Å²) in [5.74, 6) is -0.211. The van der Waals surface area contributed by atoms with Crippen LogP contribution < -0.4 is 5.32 Å². The van der Waals surface area contributed by atoms with Crippen LogP contribution in [-0.2, 0) is 4.79 Å². The zero-order valence-electron chi connectivity index (χ0n) is 13.1. The monoisotopic (exact) mass is 288 g/mol. The van der Waals surface area contributed by atoms with Crippen molar-refractivity contribution in [3.05, 3.63) is 29.3 Å². The molecule has 0 aromatic heterocycles. The lowest BCUT2D eigenvalue weighted by atomic mass is 9.89. The van der Waals surface area contributed by atoms with Gasteiger partial charge in [0.2, 0.25) is 5.91 Å². The highest BCUT2D eigenvalue weighted by Gasteiger charge is 2.28. The van der Waals surface area contributed by atoms with Crippen LogP contribution in [0.25, 0.3) is 0 Å². The van der Waals surface area contributed by atoms with Crippen LogP contribution in [0.4, 0.5) is 5.69 Å². The minimum atomic E-state index is -0.936. The third-order valence-electron chi connectivity index (χ3n) is 3.56. The highest BCUT2D eigenvalue weighted by molar-refractivity contribution is 5.92. The van der Waals surface area contributed by atoms with Crippen molar-refractivity contribution in [3.63, 3.8) is 0 Å². The van der Waals surface area contributed by atoms with Crippen LogP contribution in [-0.4, -0.2) is 16.6 Å². The molecule has 0 fully saturated rings. The van der Waals surface area contributed by atoms with Gasteiger partial charge in [-0.2, -0.15) is 5.26 Å². The van der Waals surface area contributed by atoms with Gasteiger partial charge in [0, 0.05) is 5.69 Å². The standard InChI is InChI=1S/C17H24N2O2/c1-4-8-17(21,9-5-2)11-16(20)19-15-10-14(12-18)7-6-13(15)3/h6-7,10,21H,4-5,8-9,11H2,1-3H3,(H,19,20). The van der Waals surface area contributed by atoms with Gasteiger partial charge in [0.15, 0.2) is 0 Å². The summed E-state index contributed by atoms with van der Waals surface area (Å²) < 4.78 is 0. The molecule has 0 spiro atoms. The number of nitriles is 1. The van der Waals surface area contributed by atoms with Crippen LogP contribution in [0, 0.1) is 18.3 Å². The van der Waals surface area contributed by atoms with Gasteiger partial charge in [0.25, 0.3) is 0 Å². The molecule has 21 heavy (non-hydrogen) atoms. The normalized spacial score (nSPS) is 11.0. The van der Waals surface area contributed by atoms with Gasteiger partial charge in [0.1, 0.15) is 0 Å². The van der Waals surface area contributed by atoms with Crippen molar-refractivity contribution in [1.29, 1.82) is 5.26 Å². The molecular weight excluding hydrogens is 264 g/mol. The van der Waals surface area contributed by atoms with E-state index in [9.17, 15) is 9.90 Å². The van der Waals surface area contributed by atoms with Gasteiger partial charge in [-0.15, -0.1) is 0 Å². The minimum Gasteiger partial charge on any atom is -0.389 e. The van der Waals surface area contributed by atoms with E-state index in [0.29, 0.717) is 24.1 Å². The molecule has 1 aromatic rings. The summed E-state index contributed by atoms with van der Waals surface area (Å²) in [7, 11) is 0. The molecule has 1 amide bonds. The first kappa shape index (κ1) is 17.2. The predicted molar refractivity (Wildman–Crippen MR) is 83.9 cm³/mol. The fraction of sp³-hybridized carbons (Fsp3) is 0.529. The van der Waals surface area contributed by atoms with Gasteiger partial charge in [-0.05, 0) is 37.5 Å². The summed E-state index contributed by atoms with van der Waals surface area (Å²) in [5, 5.41) is 22.2.